The number of benzene rings is 1. The van der Waals surface area contributed by atoms with Gasteiger partial charge in [-0.15, -0.1) is 0 Å². The molecule has 0 fully saturated rings. The van der Waals surface area contributed by atoms with Crippen LogP contribution >= 0.6 is 0 Å². The summed E-state index contributed by atoms with van der Waals surface area (Å²) in [5.74, 6) is 1.93. The Balaban J connectivity index is 2.14. The van der Waals surface area contributed by atoms with E-state index in [9.17, 15) is 0 Å². The third kappa shape index (κ3) is 4.04. The van der Waals surface area contributed by atoms with Crippen molar-refractivity contribution in [1.82, 2.24) is 10.1 Å². The summed E-state index contributed by atoms with van der Waals surface area (Å²) in [4.78, 5) is 4.42. The van der Waals surface area contributed by atoms with Crippen molar-refractivity contribution in [3.05, 3.63) is 30.2 Å². The van der Waals surface area contributed by atoms with Gasteiger partial charge in [-0.2, -0.15) is 4.98 Å². The quantitative estimate of drug-likeness (QED) is 0.915. The van der Waals surface area contributed by atoms with Gasteiger partial charge in [0.05, 0.1) is 6.61 Å². The Morgan fingerprint density at radius 2 is 2.10 bits per heavy atom. The summed E-state index contributed by atoms with van der Waals surface area (Å²) >= 11 is 0. The molecule has 0 spiro atoms. The van der Waals surface area contributed by atoms with Crippen molar-refractivity contribution in [2.75, 3.05) is 6.61 Å². The Bertz CT molecular complexity index is 587. The van der Waals surface area contributed by atoms with Gasteiger partial charge in [-0.25, -0.2) is 0 Å². The summed E-state index contributed by atoms with van der Waals surface area (Å²) in [5.41, 5.74) is 7.03. The van der Waals surface area contributed by atoms with Crippen LogP contribution in [0.15, 0.2) is 28.8 Å². The number of nitrogens with zero attached hydrogens (tertiary/aromatic N) is 2. The largest absolute Gasteiger partial charge is 0.494 e. The van der Waals surface area contributed by atoms with E-state index in [4.69, 9.17) is 15.0 Å². The van der Waals surface area contributed by atoms with Gasteiger partial charge in [0, 0.05) is 18.0 Å². The number of nitrogens with two attached hydrogens (primary N) is 1. The molecule has 0 aliphatic heterocycles. The van der Waals surface area contributed by atoms with E-state index >= 15 is 0 Å². The lowest BCUT2D eigenvalue weighted by atomic mass is 9.85. The van der Waals surface area contributed by atoms with Gasteiger partial charge < -0.3 is 15.0 Å². The molecule has 5 heteroatoms. The molecule has 2 N–H and O–H groups in total. The fourth-order valence-electron chi connectivity index (χ4n) is 1.84. The Kier molecular flexibility index (Phi) is 4.63. The van der Waals surface area contributed by atoms with E-state index in [-0.39, 0.29) is 11.5 Å². The zero-order valence-electron chi connectivity index (χ0n) is 13.1. The molecule has 0 bridgehead atoms. The van der Waals surface area contributed by atoms with Crippen LogP contribution in [0.3, 0.4) is 0 Å². The predicted octanol–water partition coefficient (Wildman–Crippen LogP) is 3.05. The molecule has 2 aromatic rings. The highest BCUT2D eigenvalue weighted by Gasteiger charge is 2.23. The first-order chi connectivity index (χ1) is 9.90. The molecule has 0 saturated carbocycles. The Hall–Kier alpha value is -1.88. The summed E-state index contributed by atoms with van der Waals surface area (Å²) in [7, 11) is 0. The number of aromatic nitrogens is 2. The van der Waals surface area contributed by atoms with Crippen LogP contribution in [-0.4, -0.2) is 22.8 Å². The minimum Gasteiger partial charge on any atom is -0.494 e. The summed E-state index contributed by atoms with van der Waals surface area (Å²) in [5, 5.41) is 4.03. The molecule has 21 heavy (non-hydrogen) atoms. The molecule has 1 heterocycles. The molecule has 1 unspecified atom stereocenters. The minimum absolute atomic E-state index is 0.00349. The average Bonchev–Trinajstić information content (AvgIpc) is 2.87. The molecule has 0 amide bonds. The molecule has 0 aliphatic rings. The lowest BCUT2D eigenvalue weighted by molar-refractivity contribution is 0.286. The molecule has 114 valence electrons. The van der Waals surface area contributed by atoms with Crippen molar-refractivity contribution < 1.29 is 9.26 Å². The first-order valence-electron chi connectivity index (χ1n) is 7.21. The molecule has 5 nitrogen and oxygen atoms in total. The van der Waals surface area contributed by atoms with Gasteiger partial charge in [-0.05, 0) is 24.5 Å². The second-order valence-corrected chi connectivity index (χ2v) is 6.15. The molecular weight excluding hydrogens is 266 g/mol. The van der Waals surface area contributed by atoms with Crippen molar-refractivity contribution >= 4 is 0 Å². The minimum atomic E-state index is -0.0273. The maximum absolute atomic E-state index is 6.15. The van der Waals surface area contributed by atoms with E-state index in [0.29, 0.717) is 24.7 Å². The van der Waals surface area contributed by atoms with Crippen LogP contribution in [0.25, 0.3) is 11.4 Å². The third-order valence-corrected chi connectivity index (χ3v) is 3.38. The van der Waals surface area contributed by atoms with Crippen molar-refractivity contribution in [2.24, 2.45) is 11.1 Å². The SMILES string of the molecule is CCOc1cccc(-c2noc(CC(N)C(C)(C)C)n2)c1. The number of hydrogen-bond donors (Lipinski definition) is 1. The van der Waals surface area contributed by atoms with Crippen molar-refractivity contribution in [3.8, 4) is 17.1 Å². The van der Waals surface area contributed by atoms with Crippen LogP contribution in [0.4, 0.5) is 0 Å². The Morgan fingerprint density at radius 1 is 1.33 bits per heavy atom. The molecule has 1 aromatic carbocycles. The van der Waals surface area contributed by atoms with Gasteiger partial charge in [-0.3, -0.25) is 0 Å². The van der Waals surface area contributed by atoms with E-state index in [1.807, 2.05) is 31.2 Å². The number of hydrogen-bond acceptors (Lipinski definition) is 5. The molecule has 0 aliphatic carbocycles. The van der Waals surface area contributed by atoms with Gasteiger partial charge in [0.15, 0.2) is 0 Å². The fraction of sp³-hybridized carbons (Fsp3) is 0.500. The van der Waals surface area contributed by atoms with Gasteiger partial charge in [0.1, 0.15) is 5.75 Å². The number of rotatable bonds is 5. The molecule has 1 aromatic heterocycles. The van der Waals surface area contributed by atoms with Crippen molar-refractivity contribution in [3.63, 3.8) is 0 Å². The molecule has 0 saturated heterocycles. The van der Waals surface area contributed by atoms with E-state index in [0.717, 1.165) is 11.3 Å². The summed E-state index contributed by atoms with van der Waals surface area (Å²) < 4.78 is 10.8. The van der Waals surface area contributed by atoms with Gasteiger partial charge in [0.2, 0.25) is 11.7 Å². The summed E-state index contributed by atoms with van der Waals surface area (Å²) in [6.07, 6.45) is 0.571. The van der Waals surface area contributed by atoms with Crippen LogP contribution in [0.2, 0.25) is 0 Å². The van der Waals surface area contributed by atoms with Crippen molar-refractivity contribution in [2.45, 2.75) is 40.2 Å². The maximum Gasteiger partial charge on any atom is 0.228 e. The molecule has 1 atom stereocenters. The predicted molar refractivity (Wildman–Crippen MR) is 82.0 cm³/mol. The number of ether oxygens (including phenoxy) is 1. The van der Waals surface area contributed by atoms with Gasteiger partial charge in [0.25, 0.3) is 0 Å². The normalized spacial score (nSPS) is 13.2. The second-order valence-electron chi connectivity index (χ2n) is 6.15. The first-order valence-corrected chi connectivity index (χ1v) is 7.21. The summed E-state index contributed by atoms with van der Waals surface area (Å²) in [6.45, 7) is 8.87. The van der Waals surface area contributed by atoms with Crippen molar-refractivity contribution in [1.29, 1.82) is 0 Å². The Morgan fingerprint density at radius 3 is 2.76 bits per heavy atom. The highest BCUT2D eigenvalue weighted by Crippen LogP contribution is 2.24. The highest BCUT2D eigenvalue weighted by atomic mass is 16.5. The maximum atomic E-state index is 6.15. The fourth-order valence-corrected chi connectivity index (χ4v) is 1.84. The monoisotopic (exact) mass is 289 g/mol. The van der Waals surface area contributed by atoms with E-state index < -0.39 is 0 Å². The third-order valence-electron chi connectivity index (χ3n) is 3.38. The van der Waals surface area contributed by atoms with Crippen LogP contribution in [0.1, 0.15) is 33.6 Å². The average molecular weight is 289 g/mol. The van der Waals surface area contributed by atoms with Crippen LogP contribution in [0.5, 0.6) is 5.75 Å². The van der Waals surface area contributed by atoms with E-state index in [1.54, 1.807) is 0 Å². The smallest absolute Gasteiger partial charge is 0.228 e. The molecule has 0 radical (unpaired) electrons. The summed E-state index contributed by atoms with van der Waals surface area (Å²) in [6, 6.07) is 7.63. The van der Waals surface area contributed by atoms with Crippen LogP contribution in [-0.2, 0) is 6.42 Å². The van der Waals surface area contributed by atoms with E-state index in [1.165, 1.54) is 0 Å². The molecular formula is C16H23N3O2. The van der Waals surface area contributed by atoms with Crippen LogP contribution in [0, 0.1) is 5.41 Å². The zero-order valence-corrected chi connectivity index (χ0v) is 13.1. The zero-order chi connectivity index (χ0) is 15.5. The highest BCUT2D eigenvalue weighted by molar-refractivity contribution is 5.56. The van der Waals surface area contributed by atoms with Gasteiger partial charge in [-0.1, -0.05) is 38.1 Å². The lowest BCUT2D eigenvalue weighted by Crippen LogP contribution is -2.36. The topological polar surface area (TPSA) is 74.2 Å². The van der Waals surface area contributed by atoms with Crippen LogP contribution < -0.4 is 10.5 Å². The van der Waals surface area contributed by atoms with Gasteiger partial charge >= 0.3 is 0 Å². The van der Waals surface area contributed by atoms with E-state index in [2.05, 4.69) is 30.9 Å². The first kappa shape index (κ1) is 15.5. The lowest BCUT2D eigenvalue weighted by Gasteiger charge is -2.25. The Labute approximate surface area is 125 Å². The second kappa shape index (κ2) is 6.26. The molecule has 2 rings (SSSR count). The standard InChI is InChI=1S/C16H23N3O2/c1-5-20-12-8-6-7-11(9-12)15-18-14(21-19-15)10-13(17)16(2,3)4/h6-9,13H,5,10,17H2,1-4H3.